The minimum Gasteiger partial charge on any atom is -0.303 e. The Balaban J connectivity index is 3.91. The third kappa shape index (κ3) is 9.45. The molecule has 0 spiro atoms. The molecule has 1 nitrogen and oxygen atoms in total. The summed E-state index contributed by atoms with van der Waals surface area (Å²) in [5, 5.41) is 0. The first-order valence-corrected chi connectivity index (χ1v) is 5.98. The fraction of sp³-hybridized carbons (Fsp3) is 0.533. The predicted molar refractivity (Wildman–Crippen MR) is 71.4 cm³/mol. The van der Waals surface area contributed by atoms with Crippen molar-refractivity contribution in [3.05, 3.63) is 35.5 Å². The molecule has 0 aromatic heterocycles. The molecule has 0 amide bonds. The Morgan fingerprint density at radius 1 is 1.25 bits per heavy atom. The Hall–Kier alpha value is -1.11. The van der Waals surface area contributed by atoms with Gasteiger partial charge in [0.05, 0.1) is 0 Å². The van der Waals surface area contributed by atoms with Gasteiger partial charge in [0.15, 0.2) is 0 Å². The molecule has 0 saturated heterocycles. The normalized spacial score (nSPS) is 13.9. The highest BCUT2D eigenvalue weighted by molar-refractivity contribution is 5.49. The lowest BCUT2D eigenvalue weighted by Crippen LogP contribution is -1.93. The van der Waals surface area contributed by atoms with Gasteiger partial charge in [-0.05, 0) is 39.5 Å². The van der Waals surface area contributed by atoms with Crippen molar-refractivity contribution in [2.75, 3.05) is 0 Å². The highest BCUT2D eigenvalue weighted by Crippen LogP contribution is 2.10. The van der Waals surface area contributed by atoms with Gasteiger partial charge in [0.2, 0.25) is 0 Å². The van der Waals surface area contributed by atoms with E-state index in [0.717, 1.165) is 19.1 Å². The lowest BCUT2D eigenvalue weighted by molar-refractivity contribution is -0.108. The molecule has 1 heteroatoms. The maximum Gasteiger partial charge on any atom is 0.120 e. The molecular formula is C15H24O. The van der Waals surface area contributed by atoms with Gasteiger partial charge in [-0.15, -0.1) is 0 Å². The van der Waals surface area contributed by atoms with E-state index in [0.29, 0.717) is 12.3 Å². The summed E-state index contributed by atoms with van der Waals surface area (Å²) in [6.45, 7) is 8.41. The van der Waals surface area contributed by atoms with Crippen molar-refractivity contribution in [1.29, 1.82) is 0 Å². The highest BCUT2D eigenvalue weighted by atomic mass is 16.1. The zero-order valence-electron chi connectivity index (χ0n) is 11.0. The lowest BCUT2D eigenvalue weighted by atomic mass is 10.0. The van der Waals surface area contributed by atoms with Gasteiger partial charge in [-0.3, -0.25) is 0 Å². The third-order valence-corrected chi connectivity index (χ3v) is 2.41. The van der Waals surface area contributed by atoms with E-state index in [1.54, 1.807) is 0 Å². The van der Waals surface area contributed by atoms with Crippen molar-refractivity contribution in [2.45, 2.75) is 47.0 Å². The molecule has 90 valence electrons. The zero-order chi connectivity index (χ0) is 12.4. The lowest BCUT2D eigenvalue weighted by Gasteiger charge is -2.04. The minimum absolute atomic E-state index is 0.503. The van der Waals surface area contributed by atoms with Crippen molar-refractivity contribution in [3.8, 4) is 0 Å². The molecule has 0 aliphatic carbocycles. The molecule has 0 heterocycles. The van der Waals surface area contributed by atoms with Crippen LogP contribution in [0.5, 0.6) is 0 Å². The fourth-order valence-corrected chi connectivity index (χ4v) is 1.34. The smallest absolute Gasteiger partial charge is 0.120 e. The van der Waals surface area contributed by atoms with Gasteiger partial charge in [-0.1, -0.05) is 42.4 Å². The summed E-state index contributed by atoms with van der Waals surface area (Å²) in [6.07, 6.45) is 12.4. The average Bonchev–Trinajstić information content (AvgIpc) is 2.17. The van der Waals surface area contributed by atoms with Crippen LogP contribution in [0.1, 0.15) is 47.0 Å². The quantitative estimate of drug-likeness (QED) is 0.457. The van der Waals surface area contributed by atoms with Crippen LogP contribution in [-0.4, -0.2) is 6.29 Å². The Morgan fingerprint density at radius 2 is 1.94 bits per heavy atom. The number of allylic oxidation sites excluding steroid dienone is 6. The van der Waals surface area contributed by atoms with Gasteiger partial charge < -0.3 is 4.79 Å². The molecule has 0 aliphatic heterocycles. The molecule has 1 unspecified atom stereocenters. The van der Waals surface area contributed by atoms with Crippen LogP contribution in [0.15, 0.2) is 35.5 Å². The summed E-state index contributed by atoms with van der Waals surface area (Å²) < 4.78 is 0. The van der Waals surface area contributed by atoms with Crippen molar-refractivity contribution in [1.82, 2.24) is 0 Å². The van der Waals surface area contributed by atoms with Gasteiger partial charge in [-0.2, -0.15) is 0 Å². The molecule has 0 aromatic carbocycles. The van der Waals surface area contributed by atoms with Gasteiger partial charge >= 0.3 is 0 Å². The topological polar surface area (TPSA) is 17.1 Å². The molecule has 16 heavy (non-hydrogen) atoms. The molecule has 0 aliphatic rings. The maximum absolute atomic E-state index is 10.3. The van der Waals surface area contributed by atoms with Crippen LogP contribution >= 0.6 is 0 Å². The van der Waals surface area contributed by atoms with E-state index < -0.39 is 0 Å². The molecule has 0 bridgehead atoms. The summed E-state index contributed by atoms with van der Waals surface area (Å²) >= 11 is 0. The largest absolute Gasteiger partial charge is 0.303 e. The van der Waals surface area contributed by atoms with E-state index in [4.69, 9.17) is 0 Å². The number of hydrogen-bond donors (Lipinski definition) is 0. The predicted octanol–water partition coefficient (Wildman–Crippen LogP) is 4.46. The fourth-order valence-electron chi connectivity index (χ4n) is 1.34. The molecule has 0 N–H and O–H groups in total. The van der Waals surface area contributed by atoms with Crippen LogP contribution in [0.2, 0.25) is 0 Å². The molecule has 0 radical (unpaired) electrons. The van der Waals surface area contributed by atoms with Crippen LogP contribution in [0, 0.1) is 5.92 Å². The first-order chi connectivity index (χ1) is 7.56. The SMILES string of the molecule is CC(C)=CC=CC(C)=CCCC(C)CC=O. The Labute approximate surface area is 99.9 Å². The summed E-state index contributed by atoms with van der Waals surface area (Å²) in [5.41, 5.74) is 2.60. The number of carbonyl (C=O) groups excluding carboxylic acids is 1. The Kier molecular flexibility index (Phi) is 8.51. The van der Waals surface area contributed by atoms with Gasteiger partial charge in [0, 0.05) is 6.42 Å². The molecule has 0 fully saturated rings. The summed E-state index contributed by atoms with van der Waals surface area (Å²) in [6, 6.07) is 0. The molecule has 0 aromatic rings. The minimum atomic E-state index is 0.503. The zero-order valence-corrected chi connectivity index (χ0v) is 11.0. The van der Waals surface area contributed by atoms with E-state index in [1.807, 2.05) is 0 Å². The summed E-state index contributed by atoms with van der Waals surface area (Å²) in [4.78, 5) is 10.3. The first-order valence-electron chi connectivity index (χ1n) is 5.98. The number of carbonyl (C=O) groups is 1. The van der Waals surface area contributed by atoms with Crippen molar-refractivity contribution in [3.63, 3.8) is 0 Å². The Morgan fingerprint density at radius 3 is 2.50 bits per heavy atom. The van der Waals surface area contributed by atoms with Crippen molar-refractivity contribution >= 4 is 6.29 Å². The molecule has 0 rings (SSSR count). The molecular weight excluding hydrogens is 196 g/mol. The number of rotatable bonds is 7. The number of hydrogen-bond acceptors (Lipinski definition) is 1. The van der Waals surface area contributed by atoms with Crippen molar-refractivity contribution in [2.24, 2.45) is 5.92 Å². The van der Waals surface area contributed by atoms with Crippen LogP contribution in [0.3, 0.4) is 0 Å². The maximum atomic E-state index is 10.3. The van der Waals surface area contributed by atoms with Crippen LogP contribution < -0.4 is 0 Å². The van der Waals surface area contributed by atoms with Gasteiger partial charge in [-0.25, -0.2) is 0 Å². The van der Waals surface area contributed by atoms with Crippen LogP contribution in [-0.2, 0) is 4.79 Å². The van der Waals surface area contributed by atoms with Crippen molar-refractivity contribution < 1.29 is 4.79 Å². The second kappa shape index (κ2) is 9.14. The average molecular weight is 220 g/mol. The van der Waals surface area contributed by atoms with E-state index in [-0.39, 0.29) is 0 Å². The highest BCUT2D eigenvalue weighted by Gasteiger charge is 1.98. The van der Waals surface area contributed by atoms with Crippen LogP contribution in [0.4, 0.5) is 0 Å². The van der Waals surface area contributed by atoms with Gasteiger partial charge in [0.1, 0.15) is 6.29 Å². The van der Waals surface area contributed by atoms with E-state index in [2.05, 4.69) is 52.0 Å². The van der Waals surface area contributed by atoms with E-state index in [9.17, 15) is 4.79 Å². The van der Waals surface area contributed by atoms with E-state index in [1.165, 1.54) is 11.1 Å². The van der Waals surface area contributed by atoms with Gasteiger partial charge in [0.25, 0.3) is 0 Å². The monoisotopic (exact) mass is 220 g/mol. The number of aldehydes is 1. The summed E-state index contributed by atoms with van der Waals surface area (Å²) in [5.74, 6) is 0.503. The van der Waals surface area contributed by atoms with E-state index >= 15 is 0 Å². The molecule has 0 saturated carbocycles. The molecule has 1 atom stereocenters. The third-order valence-electron chi connectivity index (χ3n) is 2.41. The second-order valence-corrected chi connectivity index (χ2v) is 4.64. The second-order valence-electron chi connectivity index (χ2n) is 4.64. The van der Waals surface area contributed by atoms with Crippen LogP contribution in [0.25, 0.3) is 0 Å². The summed E-state index contributed by atoms with van der Waals surface area (Å²) in [7, 11) is 0. The Bertz CT molecular complexity index is 278. The standard InChI is InChI=1S/C15H24O/c1-13(2)7-5-8-14(3)9-6-10-15(4)11-12-16/h5,7-9,12,15H,6,10-11H2,1-4H3. The first kappa shape index (κ1) is 14.9.